The normalized spacial score (nSPS) is 22.4. The standard InChI is InChI=1S/C14H20N4O/c15-10-4-2-6-18(8-10)14-11(13(16)19)7-9-3-1-5-12(9)17-14/h7,10H,1-6,8,15H2,(H2,16,19). The van der Waals surface area contributed by atoms with E-state index in [0.717, 1.165) is 56.7 Å². The van der Waals surface area contributed by atoms with Gasteiger partial charge in [0.1, 0.15) is 5.82 Å². The van der Waals surface area contributed by atoms with Crippen LogP contribution in [-0.4, -0.2) is 30.0 Å². The van der Waals surface area contributed by atoms with Crippen molar-refractivity contribution in [2.45, 2.75) is 38.1 Å². The van der Waals surface area contributed by atoms with E-state index >= 15 is 0 Å². The van der Waals surface area contributed by atoms with E-state index in [0.29, 0.717) is 5.56 Å². The van der Waals surface area contributed by atoms with Crippen LogP contribution >= 0.6 is 0 Å². The highest BCUT2D eigenvalue weighted by Gasteiger charge is 2.25. The lowest BCUT2D eigenvalue weighted by Gasteiger charge is -2.32. The van der Waals surface area contributed by atoms with Gasteiger partial charge >= 0.3 is 0 Å². The molecule has 3 rings (SSSR count). The van der Waals surface area contributed by atoms with E-state index < -0.39 is 5.91 Å². The molecule has 5 heteroatoms. The molecule has 1 aromatic heterocycles. The zero-order valence-electron chi connectivity index (χ0n) is 11.1. The number of primary amides is 1. The number of aryl methyl sites for hydroxylation is 2. The van der Waals surface area contributed by atoms with Crippen molar-refractivity contribution in [2.24, 2.45) is 11.5 Å². The number of hydrogen-bond donors (Lipinski definition) is 2. The highest BCUT2D eigenvalue weighted by molar-refractivity contribution is 5.98. The first-order valence-corrected chi connectivity index (χ1v) is 6.98. The summed E-state index contributed by atoms with van der Waals surface area (Å²) in [5, 5.41) is 0. The van der Waals surface area contributed by atoms with Crippen molar-refractivity contribution in [3.8, 4) is 0 Å². The summed E-state index contributed by atoms with van der Waals surface area (Å²) in [7, 11) is 0. The molecule has 1 aliphatic carbocycles. The Labute approximate surface area is 113 Å². The van der Waals surface area contributed by atoms with Crippen LogP contribution in [0.15, 0.2) is 6.07 Å². The Balaban J connectivity index is 2.01. The molecule has 1 saturated heterocycles. The number of amides is 1. The van der Waals surface area contributed by atoms with Crippen LogP contribution in [0.25, 0.3) is 0 Å². The first-order valence-electron chi connectivity index (χ1n) is 6.98. The van der Waals surface area contributed by atoms with E-state index in [1.54, 1.807) is 0 Å². The summed E-state index contributed by atoms with van der Waals surface area (Å²) >= 11 is 0. The van der Waals surface area contributed by atoms with Crippen LogP contribution in [0.1, 0.15) is 40.9 Å². The molecule has 0 saturated carbocycles. The van der Waals surface area contributed by atoms with E-state index in [1.165, 1.54) is 5.56 Å². The van der Waals surface area contributed by atoms with Crippen molar-refractivity contribution in [3.05, 3.63) is 22.9 Å². The van der Waals surface area contributed by atoms with E-state index in [-0.39, 0.29) is 6.04 Å². The van der Waals surface area contributed by atoms with Gasteiger partial charge in [-0.05, 0) is 43.7 Å². The van der Waals surface area contributed by atoms with Crippen LogP contribution in [0.3, 0.4) is 0 Å². The monoisotopic (exact) mass is 260 g/mol. The van der Waals surface area contributed by atoms with Crippen molar-refractivity contribution >= 4 is 11.7 Å². The van der Waals surface area contributed by atoms with Gasteiger partial charge in [-0.3, -0.25) is 4.79 Å². The summed E-state index contributed by atoms with van der Waals surface area (Å²) in [6, 6.07) is 2.09. The number of anilines is 1. The number of carbonyl (C=O) groups is 1. The number of piperidine rings is 1. The fourth-order valence-electron chi connectivity index (χ4n) is 3.09. The lowest BCUT2D eigenvalue weighted by Crippen LogP contribution is -2.44. The first kappa shape index (κ1) is 12.4. The van der Waals surface area contributed by atoms with Gasteiger partial charge in [-0.25, -0.2) is 4.98 Å². The van der Waals surface area contributed by atoms with Crippen molar-refractivity contribution in [1.29, 1.82) is 0 Å². The van der Waals surface area contributed by atoms with Gasteiger partial charge in [0.15, 0.2) is 0 Å². The minimum Gasteiger partial charge on any atom is -0.365 e. The largest absolute Gasteiger partial charge is 0.365 e. The van der Waals surface area contributed by atoms with Crippen LogP contribution in [0.5, 0.6) is 0 Å². The zero-order valence-corrected chi connectivity index (χ0v) is 11.1. The molecule has 0 radical (unpaired) electrons. The summed E-state index contributed by atoms with van der Waals surface area (Å²) in [6.07, 6.45) is 5.19. The fraction of sp³-hybridized carbons (Fsp3) is 0.571. The molecule has 1 aliphatic heterocycles. The van der Waals surface area contributed by atoms with Gasteiger partial charge in [0.25, 0.3) is 5.91 Å². The number of pyridine rings is 1. The Kier molecular flexibility index (Phi) is 3.14. The lowest BCUT2D eigenvalue weighted by molar-refractivity contribution is 0.1000. The molecule has 1 amide bonds. The van der Waals surface area contributed by atoms with Crippen LogP contribution in [-0.2, 0) is 12.8 Å². The summed E-state index contributed by atoms with van der Waals surface area (Å²) in [5.41, 5.74) is 14.4. The molecule has 1 unspecified atom stereocenters. The maximum Gasteiger partial charge on any atom is 0.252 e. The van der Waals surface area contributed by atoms with Gasteiger partial charge in [-0.2, -0.15) is 0 Å². The van der Waals surface area contributed by atoms with Gasteiger partial charge in [0.2, 0.25) is 0 Å². The molecule has 19 heavy (non-hydrogen) atoms. The zero-order chi connectivity index (χ0) is 13.4. The highest BCUT2D eigenvalue weighted by atomic mass is 16.1. The van der Waals surface area contributed by atoms with Crippen molar-refractivity contribution in [1.82, 2.24) is 4.98 Å². The molecule has 2 aliphatic rings. The summed E-state index contributed by atoms with van der Waals surface area (Å²) in [4.78, 5) is 18.5. The Bertz CT molecular complexity index is 514. The predicted molar refractivity (Wildman–Crippen MR) is 74.2 cm³/mol. The molecule has 1 atom stereocenters. The second-order valence-corrected chi connectivity index (χ2v) is 5.53. The third-order valence-corrected chi connectivity index (χ3v) is 4.05. The molecule has 0 bridgehead atoms. The van der Waals surface area contributed by atoms with Gasteiger partial charge in [0, 0.05) is 24.8 Å². The molecule has 2 heterocycles. The maximum atomic E-state index is 11.7. The summed E-state index contributed by atoms with van der Waals surface area (Å²) < 4.78 is 0. The molecular formula is C14H20N4O. The number of carbonyl (C=O) groups excluding carboxylic acids is 1. The number of fused-ring (bicyclic) bond motifs is 1. The topological polar surface area (TPSA) is 85.2 Å². The molecule has 102 valence electrons. The SMILES string of the molecule is NC(=O)c1cc2c(nc1N1CCCC(N)C1)CCC2. The van der Waals surface area contributed by atoms with Gasteiger partial charge in [-0.1, -0.05) is 0 Å². The Morgan fingerprint density at radius 3 is 2.95 bits per heavy atom. The van der Waals surface area contributed by atoms with Gasteiger partial charge in [0.05, 0.1) is 5.56 Å². The minimum absolute atomic E-state index is 0.157. The van der Waals surface area contributed by atoms with Crippen molar-refractivity contribution in [2.75, 3.05) is 18.0 Å². The van der Waals surface area contributed by atoms with Crippen LogP contribution in [0.4, 0.5) is 5.82 Å². The number of nitrogens with zero attached hydrogens (tertiary/aromatic N) is 2. The summed E-state index contributed by atoms with van der Waals surface area (Å²) in [6.45, 7) is 1.66. The van der Waals surface area contributed by atoms with Crippen molar-refractivity contribution < 1.29 is 4.79 Å². The van der Waals surface area contributed by atoms with Gasteiger partial charge in [-0.15, -0.1) is 0 Å². The molecule has 4 N–H and O–H groups in total. The van der Waals surface area contributed by atoms with E-state index in [2.05, 4.69) is 4.90 Å². The Morgan fingerprint density at radius 1 is 1.37 bits per heavy atom. The highest BCUT2D eigenvalue weighted by Crippen LogP contribution is 2.28. The second kappa shape index (κ2) is 4.81. The summed E-state index contributed by atoms with van der Waals surface area (Å²) in [5.74, 6) is 0.347. The van der Waals surface area contributed by atoms with E-state index in [9.17, 15) is 4.79 Å². The molecule has 5 nitrogen and oxygen atoms in total. The van der Waals surface area contributed by atoms with Crippen LogP contribution in [0.2, 0.25) is 0 Å². The predicted octanol–water partition coefficient (Wildman–Crippen LogP) is 0.597. The average molecular weight is 260 g/mol. The minimum atomic E-state index is -0.392. The third-order valence-electron chi connectivity index (χ3n) is 4.05. The first-order chi connectivity index (χ1) is 9.15. The number of aromatic nitrogens is 1. The van der Waals surface area contributed by atoms with Crippen molar-refractivity contribution in [3.63, 3.8) is 0 Å². The number of nitrogens with two attached hydrogens (primary N) is 2. The van der Waals surface area contributed by atoms with Gasteiger partial charge < -0.3 is 16.4 Å². The molecular weight excluding hydrogens is 240 g/mol. The number of hydrogen-bond acceptors (Lipinski definition) is 4. The average Bonchev–Trinajstić information content (AvgIpc) is 2.84. The van der Waals surface area contributed by atoms with E-state index in [1.807, 2.05) is 6.07 Å². The number of rotatable bonds is 2. The molecule has 1 fully saturated rings. The lowest BCUT2D eigenvalue weighted by atomic mass is 10.0. The smallest absolute Gasteiger partial charge is 0.252 e. The molecule has 0 aromatic carbocycles. The Morgan fingerprint density at radius 2 is 2.21 bits per heavy atom. The maximum absolute atomic E-state index is 11.7. The fourth-order valence-corrected chi connectivity index (χ4v) is 3.09. The van der Waals surface area contributed by atoms with Crippen LogP contribution < -0.4 is 16.4 Å². The van der Waals surface area contributed by atoms with E-state index in [4.69, 9.17) is 16.5 Å². The Hall–Kier alpha value is -1.62. The third kappa shape index (κ3) is 2.30. The molecule has 0 spiro atoms. The second-order valence-electron chi connectivity index (χ2n) is 5.53. The molecule has 1 aromatic rings. The van der Waals surface area contributed by atoms with Crippen LogP contribution in [0, 0.1) is 0 Å². The quantitative estimate of drug-likeness (QED) is 0.815.